The molecule has 0 fully saturated rings. The van der Waals surface area contributed by atoms with Crippen LogP contribution in [0.1, 0.15) is 45.2 Å². The fourth-order valence-electron chi connectivity index (χ4n) is 4.81. The molecule has 0 aliphatic carbocycles. The van der Waals surface area contributed by atoms with Gasteiger partial charge in [0.25, 0.3) is 0 Å². The van der Waals surface area contributed by atoms with Crippen molar-refractivity contribution < 1.29 is 0 Å². The van der Waals surface area contributed by atoms with Gasteiger partial charge in [-0.2, -0.15) is 0 Å². The number of allylic oxidation sites excluding steroid dienone is 3. The maximum atomic E-state index is 2.30. The van der Waals surface area contributed by atoms with E-state index in [9.17, 15) is 0 Å². The number of rotatable bonds is 5. The highest BCUT2D eigenvalue weighted by atomic mass is 14.2. The van der Waals surface area contributed by atoms with Gasteiger partial charge in [0.2, 0.25) is 0 Å². The van der Waals surface area contributed by atoms with E-state index in [2.05, 4.69) is 135 Å². The number of benzene rings is 5. The van der Waals surface area contributed by atoms with Crippen LogP contribution < -0.4 is 0 Å². The molecule has 0 nitrogen and oxygen atoms in total. The maximum Gasteiger partial charge on any atom is -0.00266 e. The smallest absolute Gasteiger partial charge is 0.00266 e. The quantitative estimate of drug-likeness (QED) is 0.232. The van der Waals surface area contributed by atoms with E-state index in [0.717, 1.165) is 0 Å². The molecule has 0 saturated carbocycles. The Morgan fingerprint density at radius 1 is 0.600 bits per heavy atom. The van der Waals surface area contributed by atoms with Crippen LogP contribution in [-0.4, -0.2) is 0 Å². The van der Waals surface area contributed by atoms with Crippen LogP contribution >= 0.6 is 0 Å². The van der Waals surface area contributed by atoms with E-state index >= 15 is 0 Å². The number of hydrogen-bond donors (Lipinski definition) is 0. The van der Waals surface area contributed by atoms with Gasteiger partial charge in [0.05, 0.1) is 0 Å². The normalized spacial score (nSPS) is 11.7. The van der Waals surface area contributed by atoms with E-state index in [0.29, 0.717) is 5.92 Å². The van der Waals surface area contributed by atoms with E-state index in [1.165, 1.54) is 54.9 Å². The van der Waals surface area contributed by atoms with Gasteiger partial charge in [0.1, 0.15) is 0 Å². The van der Waals surface area contributed by atoms with Crippen LogP contribution in [0.4, 0.5) is 0 Å². The van der Waals surface area contributed by atoms with Crippen LogP contribution in [0, 0.1) is 0 Å². The molecule has 35 heavy (non-hydrogen) atoms. The molecular weight excluding hydrogens is 420 g/mol. The molecule has 0 aromatic heterocycles. The Morgan fingerprint density at radius 3 is 1.97 bits per heavy atom. The summed E-state index contributed by atoms with van der Waals surface area (Å²) >= 11 is 0. The van der Waals surface area contributed by atoms with Gasteiger partial charge in [-0.1, -0.05) is 143 Å². The van der Waals surface area contributed by atoms with Crippen LogP contribution in [0.25, 0.3) is 49.9 Å². The minimum atomic E-state index is 0. The summed E-state index contributed by atoms with van der Waals surface area (Å²) < 4.78 is 0. The molecule has 174 valence electrons. The highest BCUT2D eigenvalue weighted by Gasteiger charge is 2.15. The molecule has 0 unspecified atom stereocenters. The topological polar surface area (TPSA) is 0 Å². The molecule has 5 aromatic carbocycles. The summed E-state index contributed by atoms with van der Waals surface area (Å²) in [7, 11) is 0. The van der Waals surface area contributed by atoms with Crippen molar-refractivity contribution in [2.75, 3.05) is 0 Å². The van der Waals surface area contributed by atoms with Gasteiger partial charge >= 0.3 is 0 Å². The van der Waals surface area contributed by atoms with Crippen molar-refractivity contribution in [3.63, 3.8) is 0 Å². The average Bonchev–Trinajstić information content (AvgIpc) is 2.88. The standard InChI is InChI=1S/C34H30.CH4/c1-4-5-6-11-26-20-22-32(31-15-10-9-13-29(26)31)33-23-21-27-12-7-8-14-30(27)34(33)28-18-16-25(17-19-28)24(2)3;/h4-24H,1-3H3;1H4/b5-4-,11-6-;. The SMILES string of the molecule is C.C/C=C\C=C/c1ccc(-c2ccc3ccccc3c2-c2ccc(C(C)C)cc2)c2ccccc12. The highest BCUT2D eigenvalue weighted by Crippen LogP contribution is 2.41. The third kappa shape index (κ3) is 4.70. The monoisotopic (exact) mass is 454 g/mol. The van der Waals surface area contributed by atoms with Crippen molar-refractivity contribution >= 4 is 27.6 Å². The summed E-state index contributed by atoms with van der Waals surface area (Å²) in [5.41, 5.74) is 7.71. The van der Waals surface area contributed by atoms with Crippen molar-refractivity contribution in [1.82, 2.24) is 0 Å². The zero-order valence-electron chi connectivity index (χ0n) is 20.1. The Bertz CT molecular complexity index is 1510. The van der Waals surface area contributed by atoms with Crippen molar-refractivity contribution in [1.29, 1.82) is 0 Å². The lowest BCUT2D eigenvalue weighted by molar-refractivity contribution is 0.867. The molecule has 0 heterocycles. The third-order valence-corrected chi connectivity index (χ3v) is 6.62. The lowest BCUT2D eigenvalue weighted by Crippen LogP contribution is -1.92. The fraction of sp³-hybridized carbons (Fsp3) is 0.143. The first-order valence-corrected chi connectivity index (χ1v) is 12.1. The summed E-state index contributed by atoms with van der Waals surface area (Å²) in [6.07, 6.45) is 8.43. The van der Waals surface area contributed by atoms with Crippen molar-refractivity contribution in [3.8, 4) is 22.3 Å². The largest absolute Gasteiger partial charge is 0.0877 e. The minimum Gasteiger partial charge on any atom is -0.0877 e. The second kappa shape index (κ2) is 10.6. The van der Waals surface area contributed by atoms with Crippen LogP contribution in [-0.2, 0) is 0 Å². The Kier molecular flexibility index (Phi) is 7.32. The molecule has 0 spiro atoms. The Labute approximate surface area is 210 Å². The van der Waals surface area contributed by atoms with Gasteiger partial charge in [-0.3, -0.25) is 0 Å². The molecule has 5 aromatic rings. The third-order valence-electron chi connectivity index (χ3n) is 6.62. The van der Waals surface area contributed by atoms with Gasteiger partial charge in [0, 0.05) is 0 Å². The molecule has 0 atom stereocenters. The van der Waals surface area contributed by atoms with Crippen LogP contribution in [0.5, 0.6) is 0 Å². The molecular formula is C35H34. The van der Waals surface area contributed by atoms with Gasteiger partial charge in [-0.15, -0.1) is 0 Å². The van der Waals surface area contributed by atoms with Crippen molar-refractivity contribution in [2.45, 2.75) is 34.1 Å². The van der Waals surface area contributed by atoms with Gasteiger partial charge in [0.15, 0.2) is 0 Å². The molecule has 0 N–H and O–H groups in total. The zero-order chi connectivity index (χ0) is 23.5. The number of hydrogen-bond acceptors (Lipinski definition) is 0. The minimum absolute atomic E-state index is 0. The predicted molar refractivity (Wildman–Crippen MR) is 157 cm³/mol. The summed E-state index contributed by atoms with van der Waals surface area (Å²) in [6, 6.07) is 35.7. The molecule has 0 radical (unpaired) electrons. The predicted octanol–water partition coefficient (Wildman–Crippen LogP) is 10.7. The fourth-order valence-corrected chi connectivity index (χ4v) is 4.81. The molecule has 5 rings (SSSR count). The zero-order valence-corrected chi connectivity index (χ0v) is 20.1. The first kappa shape index (κ1) is 24.2. The van der Waals surface area contributed by atoms with E-state index in [4.69, 9.17) is 0 Å². The summed E-state index contributed by atoms with van der Waals surface area (Å²) in [5, 5.41) is 5.11. The molecule has 0 aliphatic heterocycles. The second-order valence-electron chi connectivity index (χ2n) is 9.12. The highest BCUT2D eigenvalue weighted by molar-refractivity contribution is 6.09. The van der Waals surface area contributed by atoms with Crippen molar-refractivity contribution in [2.24, 2.45) is 0 Å². The van der Waals surface area contributed by atoms with Crippen molar-refractivity contribution in [3.05, 3.63) is 126 Å². The summed E-state index contributed by atoms with van der Waals surface area (Å²) in [6.45, 7) is 6.54. The van der Waals surface area contributed by atoms with E-state index in [-0.39, 0.29) is 7.43 Å². The summed E-state index contributed by atoms with van der Waals surface area (Å²) in [5.74, 6) is 0.521. The Balaban J connectivity index is 0.00000289. The first-order valence-electron chi connectivity index (χ1n) is 12.1. The molecule has 0 bridgehead atoms. The van der Waals surface area contributed by atoms with Crippen LogP contribution in [0.3, 0.4) is 0 Å². The Hall–Kier alpha value is -3.90. The van der Waals surface area contributed by atoms with Gasteiger partial charge in [-0.25, -0.2) is 0 Å². The Morgan fingerprint density at radius 2 is 1.26 bits per heavy atom. The van der Waals surface area contributed by atoms with Crippen LogP contribution in [0.15, 0.2) is 115 Å². The number of fused-ring (bicyclic) bond motifs is 2. The maximum absolute atomic E-state index is 2.30. The first-order chi connectivity index (χ1) is 16.7. The molecule has 0 heteroatoms. The van der Waals surface area contributed by atoms with Gasteiger partial charge < -0.3 is 0 Å². The van der Waals surface area contributed by atoms with Crippen LogP contribution in [0.2, 0.25) is 0 Å². The van der Waals surface area contributed by atoms with E-state index in [1.807, 2.05) is 6.92 Å². The molecule has 0 amide bonds. The van der Waals surface area contributed by atoms with E-state index in [1.54, 1.807) is 0 Å². The van der Waals surface area contributed by atoms with E-state index < -0.39 is 0 Å². The second-order valence-corrected chi connectivity index (χ2v) is 9.12. The summed E-state index contributed by atoms with van der Waals surface area (Å²) in [4.78, 5) is 0. The lowest BCUT2D eigenvalue weighted by Gasteiger charge is -2.17. The average molecular weight is 455 g/mol. The molecule has 0 saturated heterocycles. The lowest BCUT2D eigenvalue weighted by atomic mass is 9.86. The van der Waals surface area contributed by atoms with Gasteiger partial charge in [-0.05, 0) is 67.8 Å². The molecule has 0 aliphatic rings.